The predicted octanol–water partition coefficient (Wildman–Crippen LogP) is 6.21. The molecule has 0 aliphatic heterocycles. The molecule has 2 aromatic carbocycles. The van der Waals surface area contributed by atoms with Crippen molar-refractivity contribution in [1.29, 1.82) is 0 Å². The summed E-state index contributed by atoms with van der Waals surface area (Å²) in [5.41, 5.74) is 7.19. The average molecular weight is 452 g/mol. The largest absolute Gasteiger partial charge is 0.406 e. The number of aromatic nitrogens is 1. The van der Waals surface area contributed by atoms with Crippen LogP contribution in [0.3, 0.4) is 0 Å². The minimum atomic E-state index is -4.54. The van der Waals surface area contributed by atoms with Crippen molar-refractivity contribution in [2.75, 3.05) is 5.73 Å². The van der Waals surface area contributed by atoms with E-state index in [-0.39, 0.29) is 15.6 Å². The highest BCUT2D eigenvalue weighted by Gasteiger charge is 2.40. The van der Waals surface area contributed by atoms with Crippen LogP contribution in [-0.2, 0) is 6.54 Å². The van der Waals surface area contributed by atoms with E-state index < -0.39 is 24.6 Å². The van der Waals surface area contributed by atoms with Crippen LogP contribution in [-0.4, -0.2) is 16.8 Å². The lowest BCUT2D eigenvalue weighted by molar-refractivity contribution is -0.153. The maximum atomic E-state index is 13.6. The van der Waals surface area contributed by atoms with Gasteiger partial charge in [0, 0.05) is 34.4 Å². The minimum Gasteiger partial charge on any atom is -0.398 e. The molecule has 0 saturated carbocycles. The van der Waals surface area contributed by atoms with Gasteiger partial charge in [-0.2, -0.15) is 13.2 Å². The summed E-state index contributed by atoms with van der Waals surface area (Å²) in [5, 5.41) is 1.01. The number of hydrogen-bond donors (Lipinski definition) is 2. The summed E-state index contributed by atoms with van der Waals surface area (Å²) in [6.45, 7) is 1.31. The molecule has 1 unspecified atom stereocenters. The van der Waals surface area contributed by atoms with Crippen molar-refractivity contribution in [3.05, 3.63) is 58.0 Å². The Morgan fingerprint density at radius 2 is 1.93 bits per heavy atom. The number of halogens is 6. The number of fused-ring (bicyclic) bond motifs is 1. The number of alkyl halides is 3. The number of anilines is 1. The second-order valence-corrected chi connectivity index (χ2v) is 7.94. The number of aryl methyl sites for hydroxylation is 1. The molecule has 0 spiro atoms. The number of nitrogens with two attached hydrogens (primary N) is 1. The van der Waals surface area contributed by atoms with E-state index >= 15 is 0 Å². The molecule has 10 heteroatoms. The fourth-order valence-electron chi connectivity index (χ4n) is 2.82. The standard InChI is InChI=1S/C18H15Cl2F4N3S/c1-9-7-27(15-3-2-11(21)6-12(9)15)8-16(18(22,23)24)26-28-17-13(20)4-10(19)5-14(17)25/h2-7,16,26H,8,25H2,1H3. The molecule has 0 aliphatic carbocycles. The number of nitrogens with zero attached hydrogens (tertiary/aromatic N) is 1. The molecule has 3 aromatic rings. The summed E-state index contributed by atoms with van der Waals surface area (Å²) in [4.78, 5) is 0.260. The first-order valence-electron chi connectivity index (χ1n) is 8.05. The second-order valence-electron chi connectivity index (χ2n) is 6.25. The zero-order valence-corrected chi connectivity index (χ0v) is 16.8. The zero-order valence-electron chi connectivity index (χ0n) is 14.4. The third-order valence-electron chi connectivity index (χ3n) is 4.16. The molecule has 150 valence electrons. The lowest BCUT2D eigenvalue weighted by Gasteiger charge is -2.23. The Bertz CT molecular complexity index is 997. The van der Waals surface area contributed by atoms with Crippen molar-refractivity contribution < 1.29 is 17.6 Å². The van der Waals surface area contributed by atoms with Gasteiger partial charge in [0.2, 0.25) is 0 Å². The topological polar surface area (TPSA) is 43.0 Å². The molecular formula is C18H15Cl2F4N3S. The maximum Gasteiger partial charge on any atom is 0.406 e. The number of nitrogens with one attached hydrogen (secondary N) is 1. The third-order valence-corrected chi connectivity index (χ3v) is 5.85. The molecule has 0 bridgehead atoms. The van der Waals surface area contributed by atoms with Crippen LogP contribution >= 0.6 is 35.1 Å². The molecule has 0 amide bonds. The highest BCUT2D eigenvalue weighted by Crippen LogP contribution is 2.36. The van der Waals surface area contributed by atoms with Crippen LogP contribution in [0.15, 0.2) is 41.4 Å². The van der Waals surface area contributed by atoms with E-state index in [2.05, 4.69) is 4.72 Å². The van der Waals surface area contributed by atoms with E-state index in [4.69, 9.17) is 28.9 Å². The van der Waals surface area contributed by atoms with Crippen LogP contribution in [0.4, 0.5) is 23.2 Å². The highest BCUT2D eigenvalue weighted by molar-refractivity contribution is 7.97. The van der Waals surface area contributed by atoms with E-state index in [9.17, 15) is 17.6 Å². The van der Waals surface area contributed by atoms with E-state index in [1.54, 1.807) is 13.1 Å². The molecule has 3 N–H and O–H groups in total. The quantitative estimate of drug-likeness (QED) is 0.275. The number of benzene rings is 2. The smallest absolute Gasteiger partial charge is 0.398 e. The Balaban J connectivity index is 1.87. The van der Waals surface area contributed by atoms with Crippen molar-refractivity contribution in [2.45, 2.75) is 30.6 Å². The van der Waals surface area contributed by atoms with E-state index in [0.29, 0.717) is 33.4 Å². The van der Waals surface area contributed by atoms with E-state index in [1.165, 1.54) is 34.9 Å². The molecule has 1 atom stereocenters. The lowest BCUT2D eigenvalue weighted by Crippen LogP contribution is -2.42. The van der Waals surface area contributed by atoms with E-state index in [1.807, 2.05) is 0 Å². The number of nitrogen functional groups attached to an aromatic ring is 1. The van der Waals surface area contributed by atoms with Gasteiger partial charge in [-0.15, -0.1) is 0 Å². The van der Waals surface area contributed by atoms with Gasteiger partial charge in [0.25, 0.3) is 0 Å². The Hall–Kier alpha value is -1.61. The summed E-state index contributed by atoms with van der Waals surface area (Å²) >= 11 is 12.6. The molecule has 3 nitrogen and oxygen atoms in total. The van der Waals surface area contributed by atoms with Gasteiger partial charge in [0.1, 0.15) is 11.9 Å². The van der Waals surface area contributed by atoms with Crippen LogP contribution in [0.2, 0.25) is 10.0 Å². The summed E-state index contributed by atoms with van der Waals surface area (Å²) in [5.74, 6) is -0.442. The SMILES string of the molecule is Cc1cn(CC(NSc2c(N)cc(Cl)cc2Cl)C(F)(F)F)c2ccc(F)cc12. The molecule has 1 heterocycles. The molecule has 0 fully saturated rings. The van der Waals surface area contributed by atoms with Gasteiger partial charge in [-0.3, -0.25) is 0 Å². The maximum absolute atomic E-state index is 13.6. The first kappa shape index (κ1) is 21.1. The Kier molecular flexibility index (Phi) is 6.05. The van der Waals surface area contributed by atoms with Crippen molar-refractivity contribution in [3.8, 4) is 0 Å². The molecule has 0 saturated heterocycles. The van der Waals surface area contributed by atoms with Crippen molar-refractivity contribution in [3.63, 3.8) is 0 Å². The van der Waals surface area contributed by atoms with Crippen LogP contribution in [0.1, 0.15) is 5.56 Å². The molecule has 3 rings (SSSR count). The highest BCUT2D eigenvalue weighted by atomic mass is 35.5. The number of rotatable bonds is 5. The normalized spacial score (nSPS) is 13.2. The zero-order chi connectivity index (χ0) is 20.6. The summed E-state index contributed by atoms with van der Waals surface area (Å²) < 4.78 is 58.1. The van der Waals surface area contributed by atoms with Gasteiger partial charge in [0.05, 0.1) is 9.92 Å². The van der Waals surface area contributed by atoms with Crippen LogP contribution < -0.4 is 10.5 Å². The monoisotopic (exact) mass is 451 g/mol. The van der Waals surface area contributed by atoms with E-state index in [0.717, 1.165) is 0 Å². The van der Waals surface area contributed by atoms with Crippen molar-refractivity contribution in [2.24, 2.45) is 0 Å². The van der Waals surface area contributed by atoms with Gasteiger partial charge < -0.3 is 10.3 Å². The van der Waals surface area contributed by atoms with Gasteiger partial charge in [-0.25, -0.2) is 9.11 Å². The van der Waals surface area contributed by atoms with Crippen LogP contribution in [0.25, 0.3) is 10.9 Å². The molecule has 0 aliphatic rings. The Labute approximate surface area is 172 Å². The first-order valence-corrected chi connectivity index (χ1v) is 9.62. The predicted molar refractivity (Wildman–Crippen MR) is 106 cm³/mol. The molecule has 1 aromatic heterocycles. The molecular weight excluding hydrogens is 437 g/mol. The van der Waals surface area contributed by atoms with Gasteiger partial charge in [0.15, 0.2) is 0 Å². The summed E-state index contributed by atoms with van der Waals surface area (Å²) in [6, 6.07) is 4.91. The van der Waals surface area contributed by atoms with Crippen molar-refractivity contribution >= 4 is 51.7 Å². The fraction of sp³-hybridized carbons (Fsp3) is 0.222. The average Bonchev–Trinajstić information content (AvgIpc) is 2.87. The third kappa shape index (κ3) is 4.51. The van der Waals surface area contributed by atoms with Gasteiger partial charge in [-0.1, -0.05) is 23.2 Å². The van der Waals surface area contributed by atoms with Gasteiger partial charge >= 0.3 is 6.18 Å². The molecule has 0 radical (unpaired) electrons. The first-order chi connectivity index (χ1) is 13.1. The van der Waals surface area contributed by atoms with Crippen LogP contribution in [0, 0.1) is 12.7 Å². The molecule has 28 heavy (non-hydrogen) atoms. The minimum absolute atomic E-state index is 0.154. The lowest BCUT2D eigenvalue weighted by atomic mass is 10.2. The Morgan fingerprint density at radius 3 is 2.57 bits per heavy atom. The fourth-order valence-corrected chi connectivity index (χ4v) is 4.25. The van der Waals surface area contributed by atoms with Gasteiger partial charge in [-0.05, 0) is 54.8 Å². The summed E-state index contributed by atoms with van der Waals surface area (Å²) in [6.07, 6.45) is -2.97. The van der Waals surface area contributed by atoms with Crippen LogP contribution in [0.5, 0.6) is 0 Å². The second kappa shape index (κ2) is 8.02. The van der Waals surface area contributed by atoms with Crippen molar-refractivity contribution in [1.82, 2.24) is 9.29 Å². The number of hydrogen-bond acceptors (Lipinski definition) is 3. The Morgan fingerprint density at radius 1 is 1.21 bits per heavy atom. The summed E-state index contributed by atoms with van der Waals surface area (Å²) in [7, 11) is 0.